The van der Waals surface area contributed by atoms with Crippen molar-refractivity contribution in [3.63, 3.8) is 0 Å². The van der Waals surface area contributed by atoms with Gasteiger partial charge in [-0.2, -0.15) is 0 Å². The van der Waals surface area contributed by atoms with Gasteiger partial charge in [0, 0.05) is 28.7 Å². The normalized spacial score (nSPS) is 11.1. The lowest BCUT2D eigenvalue weighted by Crippen LogP contribution is -2.01. The second-order valence-electron chi connectivity index (χ2n) is 7.51. The fraction of sp³-hybridized carbons (Fsp3) is 0.269. The minimum absolute atomic E-state index is 0.857. The van der Waals surface area contributed by atoms with Crippen molar-refractivity contribution in [1.29, 1.82) is 0 Å². The Labute approximate surface area is 177 Å². The summed E-state index contributed by atoms with van der Waals surface area (Å²) in [4.78, 5) is 7.49. The van der Waals surface area contributed by atoms with Crippen molar-refractivity contribution in [2.45, 2.75) is 45.6 Å². The Hall–Kier alpha value is -2.65. The molecular weight excluding hydrogens is 372 g/mol. The van der Waals surface area contributed by atoms with Gasteiger partial charge < -0.3 is 4.57 Å². The van der Waals surface area contributed by atoms with Crippen molar-refractivity contribution in [1.82, 2.24) is 9.55 Å². The molecule has 0 saturated carbocycles. The zero-order chi connectivity index (χ0) is 19.9. The molecular formula is C26H28N2S. The molecule has 0 aliphatic heterocycles. The first-order valence-corrected chi connectivity index (χ1v) is 11.4. The van der Waals surface area contributed by atoms with E-state index in [9.17, 15) is 0 Å². The van der Waals surface area contributed by atoms with Gasteiger partial charge in [-0.05, 0) is 60.4 Å². The Morgan fingerprint density at radius 2 is 1.79 bits per heavy atom. The zero-order valence-electron chi connectivity index (χ0n) is 17.1. The quantitative estimate of drug-likeness (QED) is 0.267. The molecule has 4 rings (SSSR count). The number of nitrogens with zero attached hydrogens (tertiary/aromatic N) is 2. The van der Waals surface area contributed by atoms with Crippen LogP contribution in [0.1, 0.15) is 43.0 Å². The molecule has 0 spiro atoms. The van der Waals surface area contributed by atoms with Crippen molar-refractivity contribution in [3.8, 4) is 21.8 Å². The second kappa shape index (κ2) is 9.71. The van der Waals surface area contributed by atoms with Crippen molar-refractivity contribution in [2.24, 2.45) is 0 Å². The van der Waals surface area contributed by atoms with Gasteiger partial charge in [0.2, 0.25) is 0 Å². The van der Waals surface area contributed by atoms with Crippen LogP contribution < -0.4 is 0 Å². The van der Waals surface area contributed by atoms with E-state index in [-0.39, 0.29) is 0 Å². The molecule has 148 valence electrons. The number of aryl methyl sites for hydroxylation is 1. The number of unbranched alkanes of at least 4 members (excludes halogenated alkanes) is 3. The number of benzene rings is 1. The molecule has 0 aliphatic rings. The van der Waals surface area contributed by atoms with Gasteiger partial charge in [0.1, 0.15) is 0 Å². The summed E-state index contributed by atoms with van der Waals surface area (Å²) in [6, 6.07) is 23.7. The lowest BCUT2D eigenvalue weighted by molar-refractivity contribution is 0.670. The number of aromatic nitrogens is 2. The highest BCUT2D eigenvalue weighted by Gasteiger charge is 2.09. The number of hydrogen-bond donors (Lipinski definition) is 0. The van der Waals surface area contributed by atoms with Crippen LogP contribution >= 0.6 is 11.3 Å². The molecule has 0 saturated heterocycles. The summed E-state index contributed by atoms with van der Waals surface area (Å²) >= 11 is 1.92. The van der Waals surface area contributed by atoms with Crippen LogP contribution in [0.15, 0.2) is 79.1 Å². The molecule has 2 nitrogen and oxygen atoms in total. The number of rotatable bonds is 9. The maximum atomic E-state index is 4.67. The summed E-state index contributed by atoms with van der Waals surface area (Å²) in [5.74, 6) is 0. The third-order valence-electron chi connectivity index (χ3n) is 5.27. The summed E-state index contributed by atoms with van der Waals surface area (Å²) in [6.07, 6.45) is 10.5. The Morgan fingerprint density at radius 3 is 2.66 bits per heavy atom. The molecule has 0 aliphatic carbocycles. The number of pyridine rings is 1. The van der Waals surface area contributed by atoms with E-state index in [0.717, 1.165) is 17.9 Å². The molecule has 0 bridgehead atoms. The smallest absolute Gasteiger partial charge is 0.0872 e. The summed E-state index contributed by atoms with van der Waals surface area (Å²) in [6.45, 7) is 3.12. The van der Waals surface area contributed by atoms with E-state index >= 15 is 0 Å². The summed E-state index contributed by atoms with van der Waals surface area (Å²) in [5.41, 5.74) is 4.74. The molecule has 3 heterocycles. The van der Waals surface area contributed by atoms with Gasteiger partial charge >= 0.3 is 0 Å². The summed E-state index contributed by atoms with van der Waals surface area (Å²) < 4.78 is 2.27. The van der Waals surface area contributed by atoms with E-state index in [1.165, 1.54) is 53.0 Å². The second-order valence-corrected chi connectivity index (χ2v) is 8.68. The van der Waals surface area contributed by atoms with Crippen LogP contribution in [0.25, 0.3) is 21.8 Å². The molecule has 29 heavy (non-hydrogen) atoms. The Balaban J connectivity index is 1.52. The lowest BCUT2D eigenvalue weighted by Gasteiger charge is -2.10. The van der Waals surface area contributed by atoms with Gasteiger partial charge in [-0.3, -0.25) is 4.98 Å². The zero-order valence-corrected chi connectivity index (χ0v) is 17.9. The van der Waals surface area contributed by atoms with Gasteiger partial charge in [-0.15, -0.1) is 11.3 Å². The van der Waals surface area contributed by atoms with Gasteiger partial charge in [0.05, 0.1) is 11.4 Å². The average molecular weight is 401 g/mol. The Kier molecular flexibility index (Phi) is 6.58. The molecule has 0 fully saturated rings. The SMILES string of the molecule is CCCCCCc1ccc(-c2ccnc(-c3cccn3Cc3ccccc3)c2)s1. The van der Waals surface area contributed by atoms with Crippen molar-refractivity contribution in [3.05, 3.63) is 89.6 Å². The van der Waals surface area contributed by atoms with E-state index in [0.29, 0.717) is 0 Å². The van der Waals surface area contributed by atoms with Gasteiger partial charge in [-0.1, -0.05) is 56.5 Å². The monoisotopic (exact) mass is 400 g/mol. The van der Waals surface area contributed by atoms with Gasteiger partial charge in [-0.25, -0.2) is 0 Å². The van der Waals surface area contributed by atoms with Crippen LogP contribution in [0.2, 0.25) is 0 Å². The molecule has 3 heteroatoms. The highest BCUT2D eigenvalue weighted by molar-refractivity contribution is 7.15. The fourth-order valence-corrected chi connectivity index (χ4v) is 4.73. The predicted molar refractivity (Wildman–Crippen MR) is 124 cm³/mol. The van der Waals surface area contributed by atoms with Crippen molar-refractivity contribution in [2.75, 3.05) is 0 Å². The van der Waals surface area contributed by atoms with Crippen LogP contribution in [0, 0.1) is 0 Å². The van der Waals surface area contributed by atoms with E-state index < -0.39 is 0 Å². The molecule has 4 aromatic rings. The number of hydrogen-bond acceptors (Lipinski definition) is 2. The van der Waals surface area contributed by atoms with Gasteiger partial charge in [0.25, 0.3) is 0 Å². The van der Waals surface area contributed by atoms with E-state index in [1.54, 1.807) is 0 Å². The van der Waals surface area contributed by atoms with E-state index in [4.69, 9.17) is 0 Å². The fourth-order valence-electron chi connectivity index (χ4n) is 3.68. The van der Waals surface area contributed by atoms with Gasteiger partial charge in [0.15, 0.2) is 0 Å². The van der Waals surface area contributed by atoms with Crippen LogP contribution in [0.3, 0.4) is 0 Å². The first kappa shape index (κ1) is 19.7. The Bertz CT molecular complexity index is 1030. The molecule has 0 radical (unpaired) electrons. The molecule has 0 amide bonds. The van der Waals surface area contributed by atoms with Crippen molar-refractivity contribution < 1.29 is 0 Å². The van der Waals surface area contributed by atoms with Crippen molar-refractivity contribution >= 4 is 11.3 Å². The highest BCUT2D eigenvalue weighted by atomic mass is 32.1. The summed E-state index contributed by atoms with van der Waals surface area (Å²) in [7, 11) is 0. The average Bonchev–Trinajstić information content (AvgIpc) is 3.42. The van der Waals surface area contributed by atoms with Crippen LogP contribution in [-0.4, -0.2) is 9.55 Å². The largest absolute Gasteiger partial charge is 0.342 e. The maximum absolute atomic E-state index is 4.67. The molecule has 1 aromatic carbocycles. The third kappa shape index (κ3) is 5.04. The van der Waals surface area contributed by atoms with Crippen LogP contribution in [0.5, 0.6) is 0 Å². The molecule has 0 atom stereocenters. The Morgan fingerprint density at radius 1 is 0.897 bits per heavy atom. The minimum atomic E-state index is 0.857. The van der Waals surface area contributed by atoms with Crippen LogP contribution in [0.4, 0.5) is 0 Å². The molecule has 0 unspecified atom stereocenters. The lowest BCUT2D eigenvalue weighted by atomic mass is 10.1. The van der Waals surface area contributed by atoms with Crippen LogP contribution in [-0.2, 0) is 13.0 Å². The van der Waals surface area contributed by atoms with E-state index in [2.05, 4.69) is 89.4 Å². The first-order valence-electron chi connectivity index (χ1n) is 10.6. The third-order valence-corrected chi connectivity index (χ3v) is 6.46. The molecule has 0 N–H and O–H groups in total. The summed E-state index contributed by atoms with van der Waals surface area (Å²) in [5, 5.41) is 0. The molecule has 3 aromatic heterocycles. The minimum Gasteiger partial charge on any atom is -0.342 e. The number of thiophene rings is 1. The first-order chi connectivity index (χ1) is 14.3. The maximum Gasteiger partial charge on any atom is 0.0872 e. The van der Waals surface area contributed by atoms with E-state index in [1.807, 2.05) is 17.5 Å². The predicted octanol–water partition coefficient (Wildman–Crippen LogP) is 7.45. The highest BCUT2D eigenvalue weighted by Crippen LogP contribution is 2.31. The topological polar surface area (TPSA) is 17.8 Å². The standard InChI is InChI=1S/C26H28N2S/c1-2-3-4-8-12-23-14-15-26(29-23)22-16-17-27-24(19-22)25-13-9-18-28(25)20-21-10-6-5-7-11-21/h5-7,9-11,13-19H,2-4,8,12,20H2,1H3.